The first-order valence-electron chi connectivity index (χ1n) is 9.30. The average molecular weight is 395 g/mol. The number of carbonyl (C=O) groups is 1. The lowest BCUT2D eigenvalue weighted by Gasteiger charge is -2.30. The second kappa shape index (κ2) is 7.58. The van der Waals surface area contributed by atoms with Crippen LogP contribution in [-0.2, 0) is 30.3 Å². The number of amides is 1. The Balaban J connectivity index is 1.75. The van der Waals surface area contributed by atoms with E-state index in [4.69, 9.17) is 0 Å². The third-order valence-corrected chi connectivity index (χ3v) is 5.33. The topological polar surface area (TPSA) is 67.2 Å². The minimum Gasteiger partial charge on any atom is -0.374 e. The molecule has 1 aliphatic rings. The number of hydrogen-bond donors (Lipinski definition) is 2. The quantitative estimate of drug-likeness (QED) is 0.816. The van der Waals surface area contributed by atoms with Crippen LogP contribution in [0.15, 0.2) is 30.6 Å². The molecule has 2 N–H and O–H groups in total. The number of aromatic nitrogens is 2. The van der Waals surface area contributed by atoms with Gasteiger partial charge in [-0.2, -0.15) is 13.2 Å². The van der Waals surface area contributed by atoms with Crippen LogP contribution < -0.4 is 5.32 Å². The molecule has 3 rings (SSSR count). The van der Waals surface area contributed by atoms with Crippen LogP contribution in [0.1, 0.15) is 54.7 Å². The monoisotopic (exact) mass is 395 g/mol. The molecular weight excluding hydrogens is 371 g/mol. The maximum absolute atomic E-state index is 13.6. The van der Waals surface area contributed by atoms with Crippen molar-refractivity contribution in [3.8, 4) is 0 Å². The van der Waals surface area contributed by atoms with Crippen LogP contribution in [0.25, 0.3) is 0 Å². The van der Waals surface area contributed by atoms with Gasteiger partial charge in [-0.05, 0) is 49.3 Å². The van der Waals surface area contributed by atoms with E-state index in [0.717, 1.165) is 42.0 Å². The number of halogens is 3. The fourth-order valence-electron chi connectivity index (χ4n) is 3.70. The van der Waals surface area contributed by atoms with E-state index >= 15 is 0 Å². The number of hydrogen-bond acceptors (Lipinski definition) is 3. The predicted molar refractivity (Wildman–Crippen MR) is 97.4 cm³/mol. The smallest absolute Gasteiger partial charge is 0.374 e. The van der Waals surface area contributed by atoms with Gasteiger partial charge in [0.1, 0.15) is 0 Å². The van der Waals surface area contributed by atoms with Gasteiger partial charge in [0.25, 0.3) is 0 Å². The molecule has 1 aliphatic carbocycles. The van der Waals surface area contributed by atoms with Crippen molar-refractivity contribution in [2.75, 3.05) is 0 Å². The molecule has 0 fully saturated rings. The summed E-state index contributed by atoms with van der Waals surface area (Å²) in [6.45, 7) is 1.72. The number of rotatable bonds is 5. The standard InChI is InChI=1S/C20H24F3N3O2/c1-13(15-8-7-14-5-3-4-6-16(14)11-15)25-17(27)12-19(28,20(21,22)23)18-24-9-10-26(18)2/h7-11,13,28H,3-6,12H2,1-2H3,(H,25,27)/t13-,19+/m0/s1. The lowest BCUT2D eigenvalue weighted by Crippen LogP contribution is -2.48. The summed E-state index contributed by atoms with van der Waals surface area (Å²) in [5.41, 5.74) is -0.00814. The molecule has 0 saturated heterocycles. The number of benzene rings is 1. The Morgan fingerprint density at radius 1 is 1.29 bits per heavy atom. The maximum Gasteiger partial charge on any atom is 0.425 e. The zero-order chi connectivity index (χ0) is 20.5. The maximum atomic E-state index is 13.6. The molecule has 2 aromatic rings. The summed E-state index contributed by atoms with van der Waals surface area (Å²) in [7, 11) is 1.34. The molecule has 1 heterocycles. The van der Waals surface area contributed by atoms with E-state index in [1.165, 1.54) is 24.4 Å². The molecule has 0 unspecified atom stereocenters. The largest absolute Gasteiger partial charge is 0.425 e. The molecular formula is C20H24F3N3O2. The molecule has 8 heteroatoms. The van der Waals surface area contributed by atoms with Gasteiger partial charge >= 0.3 is 6.18 Å². The van der Waals surface area contributed by atoms with Gasteiger partial charge in [-0.25, -0.2) is 4.98 Å². The van der Waals surface area contributed by atoms with Crippen LogP contribution in [-0.4, -0.2) is 26.7 Å². The number of aliphatic hydroxyl groups is 1. The van der Waals surface area contributed by atoms with Crippen LogP contribution in [0.5, 0.6) is 0 Å². The number of imidazole rings is 1. The Morgan fingerprint density at radius 3 is 2.57 bits per heavy atom. The van der Waals surface area contributed by atoms with E-state index in [1.807, 2.05) is 18.2 Å². The van der Waals surface area contributed by atoms with Crippen molar-refractivity contribution in [2.24, 2.45) is 7.05 Å². The van der Waals surface area contributed by atoms with Gasteiger partial charge < -0.3 is 15.0 Å². The van der Waals surface area contributed by atoms with Crippen LogP contribution in [0.3, 0.4) is 0 Å². The first-order valence-corrected chi connectivity index (χ1v) is 9.30. The summed E-state index contributed by atoms with van der Waals surface area (Å²) in [4.78, 5) is 16.0. The van der Waals surface area contributed by atoms with Gasteiger partial charge in [-0.15, -0.1) is 0 Å². The van der Waals surface area contributed by atoms with Crippen molar-refractivity contribution in [1.82, 2.24) is 14.9 Å². The van der Waals surface area contributed by atoms with E-state index in [0.29, 0.717) is 0 Å². The fraction of sp³-hybridized carbons (Fsp3) is 0.500. The van der Waals surface area contributed by atoms with Crippen LogP contribution in [0, 0.1) is 0 Å². The molecule has 5 nitrogen and oxygen atoms in total. The number of alkyl halides is 3. The fourth-order valence-corrected chi connectivity index (χ4v) is 3.70. The highest BCUT2D eigenvalue weighted by molar-refractivity contribution is 5.77. The Kier molecular flexibility index (Phi) is 5.52. The Morgan fingerprint density at radius 2 is 1.96 bits per heavy atom. The number of nitrogens with zero attached hydrogens (tertiary/aromatic N) is 2. The van der Waals surface area contributed by atoms with Gasteiger partial charge in [0, 0.05) is 19.4 Å². The zero-order valence-electron chi connectivity index (χ0n) is 15.9. The van der Waals surface area contributed by atoms with E-state index < -0.39 is 36.0 Å². The minimum absolute atomic E-state index is 0.474. The third kappa shape index (κ3) is 3.92. The van der Waals surface area contributed by atoms with Crippen LogP contribution in [0.2, 0.25) is 0 Å². The number of nitrogens with one attached hydrogen (secondary N) is 1. The molecule has 0 saturated carbocycles. The number of carbonyl (C=O) groups excluding carboxylic acids is 1. The normalized spacial score (nSPS) is 17.5. The van der Waals surface area contributed by atoms with E-state index in [9.17, 15) is 23.1 Å². The first kappa shape index (κ1) is 20.4. The molecule has 0 spiro atoms. The first-order chi connectivity index (χ1) is 13.1. The highest BCUT2D eigenvalue weighted by Gasteiger charge is 2.58. The number of aryl methyl sites for hydroxylation is 3. The SMILES string of the molecule is C[C@H](NC(=O)C[C@@](O)(c1nccn1C)C(F)(F)F)c1ccc2c(c1)CCCC2. The summed E-state index contributed by atoms with van der Waals surface area (Å²) in [6, 6.07) is 5.45. The summed E-state index contributed by atoms with van der Waals surface area (Å²) >= 11 is 0. The molecule has 1 amide bonds. The van der Waals surface area contributed by atoms with Crippen molar-refractivity contribution in [2.45, 2.75) is 56.8 Å². The highest BCUT2D eigenvalue weighted by Crippen LogP contribution is 2.40. The molecule has 0 bridgehead atoms. The number of fused-ring (bicyclic) bond motifs is 1. The summed E-state index contributed by atoms with van der Waals surface area (Å²) in [6.07, 6.45) is 0.505. The van der Waals surface area contributed by atoms with Crippen molar-refractivity contribution in [3.05, 3.63) is 53.1 Å². The highest BCUT2D eigenvalue weighted by atomic mass is 19.4. The molecule has 0 aliphatic heterocycles. The Labute approximate surface area is 161 Å². The Hall–Kier alpha value is -2.35. The van der Waals surface area contributed by atoms with Crippen LogP contribution in [0.4, 0.5) is 13.2 Å². The van der Waals surface area contributed by atoms with Crippen molar-refractivity contribution in [3.63, 3.8) is 0 Å². The third-order valence-electron chi connectivity index (χ3n) is 5.33. The summed E-state index contributed by atoms with van der Waals surface area (Å²) < 4.78 is 41.8. The minimum atomic E-state index is -5.04. The van der Waals surface area contributed by atoms with Gasteiger partial charge in [-0.1, -0.05) is 18.2 Å². The van der Waals surface area contributed by atoms with E-state index in [-0.39, 0.29) is 0 Å². The van der Waals surface area contributed by atoms with Gasteiger partial charge in [0.15, 0.2) is 5.82 Å². The van der Waals surface area contributed by atoms with Gasteiger partial charge in [0.05, 0.1) is 12.5 Å². The van der Waals surface area contributed by atoms with Crippen molar-refractivity contribution < 1.29 is 23.1 Å². The second-order valence-electron chi connectivity index (χ2n) is 7.42. The molecule has 1 aromatic carbocycles. The molecule has 1 aromatic heterocycles. The van der Waals surface area contributed by atoms with E-state index in [2.05, 4.69) is 10.3 Å². The second-order valence-corrected chi connectivity index (χ2v) is 7.42. The molecule has 0 radical (unpaired) electrons. The average Bonchev–Trinajstić information content (AvgIpc) is 3.06. The Bertz CT molecular complexity index is 863. The van der Waals surface area contributed by atoms with Crippen molar-refractivity contribution in [1.29, 1.82) is 0 Å². The molecule has 2 atom stereocenters. The van der Waals surface area contributed by atoms with Crippen molar-refractivity contribution >= 4 is 5.91 Å². The summed E-state index contributed by atoms with van der Waals surface area (Å²) in [5.74, 6) is -1.51. The molecule has 152 valence electrons. The van der Waals surface area contributed by atoms with Crippen LogP contribution >= 0.6 is 0 Å². The predicted octanol–water partition coefficient (Wildman–Crippen LogP) is 3.32. The van der Waals surface area contributed by atoms with E-state index in [1.54, 1.807) is 6.92 Å². The molecule has 28 heavy (non-hydrogen) atoms. The zero-order valence-corrected chi connectivity index (χ0v) is 15.9. The van der Waals surface area contributed by atoms with Gasteiger partial charge in [0.2, 0.25) is 11.5 Å². The lowest BCUT2D eigenvalue weighted by atomic mass is 9.89. The lowest BCUT2D eigenvalue weighted by molar-refractivity contribution is -0.271. The summed E-state index contributed by atoms with van der Waals surface area (Å²) in [5, 5.41) is 12.9. The van der Waals surface area contributed by atoms with Gasteiger partial charge in [-0.3, -0.25) is 4.79 Å².